The summed E-state index contributed by atoms with van der Waals surface area (Å²) < 4.78 is 0. The maximum Gasteiger partial charge on any atom is 0.0372 e. The first-order valence-corrected chi connectivity index (χ1v) is 5.96. The second-order valence-corrected chi connectivity index (χ2v) is 6.18. The Morgan fingerprint density at radius 2 is 1.75 bits per heavy atom. The Kier molecular flexibility index (Phi) is 2.39. The van der Waals surface area contributed by atoms with Crippen molar-refractivity contribution in [3.63, 3.8) is 0 Å². The molecule has 0 aliphatic heterocycles. The van der Waals surface area contributed by atoms with Gasteiger partial charge in [-0.25, -0.2) is 0 Å². The summed E-state index contributed by atoms with van der Waals surface area (Å²) in [6, 6.07) is 4.26. The molecule has 16 heavy (non-hydrogen) atoms. The highest BCUT2D eigenvalue weighted by Gasteiger charge is 2.66. The number of pyridine rings is 1. The van der Waals surface area contributed by atoms with Crippen molar-refractivity contribution in [2.45, 2.75) is 40.7 Å². The first-order valence-electron chi connectivity index (χ1n) is 5.96. The van der Waals surface area contributed by atoms with E-state index < -0.39 is 0 Å². The van der Waals surface area contributed by atoms with E-state index in [-0.39, 0.29) is 6.04 Å². The molecule has 2 N–H and O–H groups in total. The zero-order chi connectivity index (χ0) is 12.1. The van der Waals surface area contributed by atoms with E-state index >= 15 is 0 Å². The fourth-order valence-electron chi connectivity index (χ4n) is 3.01. The number of nitrogens with zero attached hydrogens (tertiary/aromatic N) is 1. The second-order valence-electron chi connectivity index (χ2n) is 6.18. The molecule has 0 bridgehead atoms. The zero-order valence-electron chi connectivity index (χ0n) is 10.9. The number of nitrogens with two attached hydrogens (primary N) is 1. The van der Waals surface area contributed by atoms with Crippen LogP contribution in [-0.4, -0.2) is 4.98 Å². The van der Waals surface area contributed by atoms with Crippen molar-refractivity contribution in [3.05, 3.63) is 29.6 Å². The monoisotopic (exact) mass is 218 g/mol. The summed E-state index contributed by atoms with van der Waals surface area (Å²) in [6.45, 7) is 11.2. The van der Waals surface area contributed by atoms with Crippen molar-refractivity contribution >= 4 is 0 Å². The van der Waals surface area contributed by atoms with E-state index in [1.165, 1.54) is 0 Å². The third-order valence-electron chi connectivity index (χ3n) is 4.81. The molecule has 0 radical (unpaired) electrons. The molecule has 0 amide bonds. The second kappa shape index (κ2) is 3.30. The van der Waals surface area contributed by atoms with Crippen LogP contribution in [0.25, 0.3) is 0 Å². The van der Waals surface area contributed by atoms with Crippen LogP contribution in [0.1, 0.15) is 45.0 Å². The SMILES string of the molecule is Cc1ccc(C(N)C2C(C)(C)C2(C)C)cn1. The quantitative estimate of drug-likeness (QED) is 0.828. The van der Waals surface area contributed by atoms with Crippen molar-refractivity contribution in [1.82, 2.24) is 4.98 Å². The molecule has 1 atom stereocenters. The predicted molar refractivity (Wildman–Crippen MR) is 67.0 cm³/mol. The molecule has 1 aromatic heterocycles. The Morgan fingerprint density at radius 1 is 1.19 bits per heavy atom. The standard InChI is InChI=1S/C14H22N2/c1-9-6-7-10(8-16-9)11(15)12-13(2,3)14(12,4)5/h6-8,11-12H,15H2,1-5H3. The molecule has 0 saturated heterocycles. The predicted octanol–water partition coefficient (Wildman–Crippen LogP) is 3.07. The molecular weight excluding hydrogens is 196 g/mol. The van der Waals surface area contributed by atoms with E-state index in [0.29, 0.717) is 16.7 Å². The zero-order valence-corrected chi connectivity index (χ0v) is 10.9. The van der Waals surface area contributed by atoms with Gasteiger partial charge >= 0.3 is 0 Å². The van der Waals surface area contributed by atoms with E-state index in [1.807, 2.05) is 19.2 Å². The minimum Gasteiger partial charge on any atom is -0.324 e. The van der Waals surface area contributed by atoms with E-state index in [9.17, 15) is 0 Å². The largest absolute Gasteiger partial charge is 0.324 e. The molecule has 1 saturated carbocycles. The maximum atomic E-state index is 6.36. The summed E-state index contributed by atoms with van der Waals surface area (Å²) >= 11 is 0. The lowest BCUT2D eigenvalue weighted by Gasteiger charge is -2.14. The molecule has 88 valence electrons. The lowest BCUT2D eigenvalue weighted by Crippen LogP contribution is -2.16. The topological polar surface area (TPSA) is 38.9 Å². The summed E-state index contributed by atoms with van der Waals surface area (Å²) in [5.74, 6) is 0.546. The molecular formula is C14H22N2. The van der Waals surface area contributed by atoms with Gasteiger partial charge in [-0.1, -0.05) is 33.8 Å². The summed E-state index contributed by atoms with van der Waals surface area (Å²) in [6.07, 6.45) is 1.92. The molecule has 1 unspecified atom stereocenters. The molecule has 2 nitrogen and oxygen atoms in total. The van der Waals surface area contributed by atoms with Crippen LogP contribution in [0.2, 0.25) is 0 Å². The highest BCUT2D eigenvalue weighted by atomic mass is 14.8. The number of rotatable bonds is 2. The number of aromatic nitrogens is 1. The molecule has 0 aromatic carbocycles. The Labute approximate surface area is 98.3 Å². The normalized spacial score (nSPS) is 24.1. The van der Waals surface area contributed by atoms with Crippen LogP contribution in [0.4, 0.5) is 0 Å². The van der Waals surface area contributed by atoms with Gasteiger partial charge in [0.05, 0.1) is 0 Å². The van der Waals surface area contributed by atoms with E-state index in [1.54, 1.807) is 0 Å². The first kappa shape index (κ1) is 11.6. The number of hydrogen-bond donors (Lipinski definition) is 1. The minimum absolute atomic E-state index is 0.109. The van der Waals surface area contributed by atoms with Gasteiger partial charge in [0, 0.05) is 17.9 Å². The van der Waals surface area contributed by atoms with Gasteiger partial charge in [-0.3, -0.25) is 4.98 Å². The lowest BCUT2D eigenvalue weighted by atomic mass is 9.99. The van der Waals surface area contributed by atoms with Gasteiger partial charge in [0.1, 0.15) is 0 Å². The number of aryl methyl sites for hydroxylation is 1. The first-order chi connectivity index (χ1) is 7.28. The van der Waals surface area contributed by atoms with Crippen LogP contribution in [0.3, 0.4) is 0 Å². The van der Waals surface area contributed by atoms with Gasteiger partial charge in [0.25, 0.3) is 0 Å². The van der Waals surface area contributed by atoms with Crippen molar-refractivity contribution in [2.24, 2.45) is 22.5 Å². The molecule has 1 heterocycles. The van der Waals surface area contributed by atoms with E-state index in [0.717, 1.165) is 11.3 Å². The highest BCUT2D eigenvalue weighted by Crippen LogP contribution is 2.71. The van der Waals surface area contributed by atoms with Gasteiger partial charge in [-0.15, -0.1) is 0 Å². The molecule has 0 spiro atoms. The summed E-state index contributed by atoms with van der Waals surface area (Å²) in [4.78, 5) is 4.33. The average Bonchev–Trinajstić information content (AvgIpc) is 2.57. The Morgan fingerprint density at radius 3 is 2.12 bits per heavy atom. The van der Waals surface area contributed by atoms with Crippen molar-refractivity contribution < 1.29 is 0 Å². The van der Waals surface area contributed by atoms with Crippen molar-refractivity contribution in [2.75, 3.05) is 0 Å². The van der Waals surface area contributed by atoms with E-state index in [4.69, 9.17) is 5.73 Å². The summed E-state index contributed by atoms with van der Waals surface area (Å²) in [5.41, 5.74) is 9.23. The molecule has 1 fully saturated rings. The van der Waals surface area contributed by atoms with Gasteiger partial charge < -0.3 is 5.73 Å². The third kappa shape index (κ3) is 1.47. The molecule has 1 aromatic rings. The fourth-order valence-corrected chi connectivity index (χ4v) is 3.01. The van der Waals surface area contributed by atoms with E-state index in [2.05, 4.69) is 38.7 Å². The van der Waals surface area contributed by atoms with Crippen LogP contribution in [-0.2, 0) is 0 Å². The third-order valence-corrected chi connectivity index (χ3v) is 4.81. The summed E-state index contributed by atoms with van der Waals surface area (Å²) in [5, 5.41) is 0. The highest BCUT2D eigenvalue weighted by molar-refractivity contribution is 5.25. The van der Waals surface area contributed by atoms with Crippen LogP contribution in [0.15, 0.2) is 18.3 Å². The molecule has 2 rings (SSSR count). The number of hydrogen-bond acceptors (Lipinski definition) is 2. The van der Waals surface area contributed by atoms with Crippen molar-refractivity contribution in [1.29, 1.82) is 0 Å². The van der Waals surface area contributed by atoms with Crippen LogP contribution in [0.5, 0.6) is 0 Å². The Hall–Kier alpha value is -0.890. The Bertz CT molecular complexity index is 376. The average molecular weight is 218 g/mol. The van der Waals surface area contributed by atoms with Crippen molar-refractivity contribution in [3.8, 4) is 0 Å². The molecule has 1 aliphatic carbocycles. The van der Waals surface area contributed by atoms with Gasteiger partial charge in [0.2, 0.25) is 0 Å². The smallest absolute Gasteiger partial charge is 0.0372 e. The van der Waals surface area contributed by atoms with Gasteiger partial charge in [0.15, 0.2) is 0 Å². The minimum atomic E-state index is 0.109. The summed E-state index contributed by atoms with van der Waals surface area (Å²) in [7, 11) is 0. The van der Waals surface area contributed by atoms with Gasteiger partial charge in [-0.05, 0) is 35.3 Å². The molecule has 1 aliphatic rings. The van der Waals surface area contributed by atoms with Crippen LogP contribution < -0.4 is 5.73 Å². The molecule has 2 heteroatoms. The van der Waals surface area contributed by atoms with Gasteiger partial charge in [-0.2, -0.15) is 0 Å². The Balaban J connectivity index is 2.22. The fraction of sp³-hybridized carbons (Fsp3) is 0.643. The lowest BCUT2D eigenvalue weighted by molar-refractivity contribution is 0.457. The van der Waals surface area contributed by atoms with Crippen LogP contribution >= 0.6 is 0 Å². The maximum absolute atomic E-state index is 6.36. The van der Waals surface area contributed by atoms with Crippen LogP contribution in [0, 0.1) is 23.7 Å².